The summed E-state index contributed by atoms with van der Waals surface area (Å²) in [4.78, 5) is 33.6. The van der Waals surface area contributed by atoms with E-state index in [0.29, 0.717) is 18.7 Å². The molecule has 1 aromatic heterocycles. The number of rotatable bonds is 3. The summed E-state index contributed by atoms with van der Waals surface area (Å²) in [5, 5.41) is 9.27. The Labute approximate surface area is 135 Å². The molecule has 3 heterocycles. The van der Waals surface area contributed by atoms with Crippen molar-refractivity contribution in [1.29, 1.82) is 0 Å². The molecule has 7 heteroatoms. The van der Waals surface area contributed by atoms with Gasteiger partial charge in [-0.15, -0.1) is 0 Å². The van der Waals surface area contributed by atoms with Crippen molar-refractivity contribution in [3.8, 4) is 0 Å². The SMILES string of the molecule is CN1CCN(c2ccc(C(=O)N3CCCC3)cn2)C[C@@H]1C(=O)O. The first-order chi connectivity index (χ1) is 11.1. The lowest BCUT2D eigenvalue weighted by Crippen LogP contribution is -2.55. The van der Waals surface area contributed by atoms with E-state index in [1.165, 1.54) is 0 Å². The molecule has 0 radical (unpaired) electrons. The predicted molar refractivity (Wildman–Crippen MR) is 85.6 cm³/mol. The highest BCUT2D eigenvalue weighted by atomic mass is 16.4. The van der Waals surface area contributed by atoms with Crippen LogP contribution in [0.25, 0.3) is 0 Å². The van der Waals surface area contributed by atoms with Crippen molar-refractivity contribution in [3.63, 3.8) is 0 Å². The summed E-state index contributed by atoms with van der Waals surface area (Å²) >= 11 is 0. The van der Waals surface area contributed by atoms with Gasteiger partial charge in [0, 0.05) is 38.9 Å². The third-order valence-electron chi connectivity index (χ3n) is 4.65. The molecule has 0 aromatic carbocycles. The number of carbonyl (C=O) groups is 2. The highest BCUT2D eigenvalue weighted by Gasteiger charge is 2.30. The molecular formula is C16H22N4O3. The van der Waals surface area contributed by atoms with Crippen molar-refractivity contribution in [2.24, 2.45) is 0 Å². The van der Waals surface area contributed by atoms with Crippen LogP contribution in [0.5, 0.6) is 0 Å². The third-order valence-corrected chi connectivity index (χ3v) is 4.65. The van der Waals surface area contributed by atoms with Crippen LogP contribution in [-0.4, -0.2) is 77.6 Å². The van der Waals surface area contributed by atoms with Crippen molar-refractivity contribution in [1.82, 2.24) is 14.8 Å². The molecule has 2 aliphatic heterocycles. The van der Waals surface area contributed by atoms with Crippen LogP contribution in [-0.2, 0) is 4.79 Å². The maximum absolute atomic E-state index is 12.3. The van der Waals surface area contributed by atoms with E-state index in [1.807, 2.05) is 27.8 Å². The van der Waals surface area contributed by atoms with E-state index in [9.17, 15) is 14.7 Å². The number of piperazine rings is 1. The van der Waals surface area contributed by atoms with E-state index in [-0.39, 0.29) is 5.91 Å². The predicted octanol–water partition coefficient (Wildman–Crippen LogP) is 0.523. The number of pyridine rings is 1. The van der Waals surface area contributed by atoms with Gasteiger partial charge in [0.15, 0.2) is 0 Å². The van der Waals surface area contributed by atoms with Crippen molar-refractivity contribution in [2.75, 3.05) is 44.7 Å². The van der Waals surface area contributed by atoms with Gasteiger partial charge in [0.25, 0.3) is 5.91 Å². The fourth-order valence-electron chi connectivity index (χ4n) is 3.15. The molecule has 2 fully saturated rings. The number of hydrogen-bond donors (Lipinski definition) is 1. The molecule has 1 N–H and O–H groups in total. The highest BCUT2D eigenvalue weighted by Crippen LogP contribution is 2.18. The van der Waals surface area contributed by atoms with Gasteiger partial charge in [-0.2, -0.15) is 0 Å². The Kier molecular flexibility index (Phi) is 4.47. The lowest BCUT2D eigenvalue weighted by molar-refractivity contribution is -0.142. The Morgan fingerprint density at radius 2 is 1.91 bits per heavy atom. The summed E-state index contributed by atoms with van der Waals surface area (Å²) in [6.07, 6.45) is 3.73. The second kappa shape index (κ2) is 6.54. The molecule has 0 aliphatic carbocycles. The first kappa shape index (κ1) is 15.7. The van der Waals surface area contributed by atoms with Crippen LogP contribution < -0.4 is 4.90 Å². The number of nitrogens with zero attached hydrogens (tertiary/aromatic N) is 4. The zero-order chi connectivity index (χ0) is 16.4. The van der Waals surface area contributed by atoms with Crippen LogP contribution in [0.2, 0.25) is 0 Å². The zero-order valence-corrected chi connectivity index (χ0v) is 13.3. The van der Waals surface area contributed by atoms with Crippen molar-refractivity contribution < 1.29 is 14.7 Å². The van der Waals surface area contributed by atoms with Crippen molar-refractivity contribution >= 4 is 17.7 Å². The molecule has 0 bridgehead atoms. The topological polar surface area (TPSA) is 77.0 Å². The smallest absolute Gasteiger partial charge is 0.322 e. The number of likely N-dealkylation sites (N-methyl/N-ethyl adjacent to an activating group) is 1. The molecule has 7 nitrogen and oxygen atoms in total. The fraction of sp³-hybridized carbons (Fsp3) is 0.562. The van der Waals surface area contributed by atoms with Crippen LogP contribution in [0, 0.1) is 0 Å². The number of hydrogen-bond acceptors (Lipinski definition) is 5. The van der Waals surface area contributed by atoms with E-state index in [0.717, 1.165) is 38.3 Å². The average molecular weight is 318 g/mol. The molecule has 23 heavy (non-hydrogen) atoms. The molecule has 2 aliphatic rings. The maximum atomic E-state index is 12.3. The highest BCUT2D eigenvalue weighted by molar-refractivity contribution is 5.94. The number of aromatic nitrogens is 1. The first-order valence-electron chi connectivity index (χ1n) is 7.99. The monoisotopic (exact) mass is 318 g/mol. The molecule has 1 aromatic rings. The van der Waals surface area contributed by atoms with E-state index in [1.54, 1.807) is 12.3 Å². The minimum Gasteiger partial charge on any atom is -0.480 e. The molecule has 1 atom stereocenters. The van der Waals surface area contributed by atoms with Crippen molar-refractivity contribution in [2.45, 2.75) is 18.9 Å². The molecular weight excluding hydrogens is 296 g/mol. The second-order valence-corrected chi connectivity index (χ2v) is 6.19. The Morgan fingerprint density at radius 1 is 1.17 bits per heavy atom. The lowest BCUT2D eigenvalue weighted by atomic mass is 10.1. The maximum Gasteiger partial charge on any atom is 0.322 e. The molecule has 124 valence electrons. The quantitative estimate of drug-likeness (QED) is 0.876. The Hall–Kier alpha value is -2.15. The molecule has 2 saturated heterocycles. The summed E-state index contributed by atoms with van der Waals surface area (Å²) < 4.78 is 0. The van der Waals surface area contributed by atoms with Gasteiger partial charge in [-0.05, 0) is 32.0 Å². The van der Waals surface area contributed by atoms with Crippen LogP contribution in [0.4, 0.5) is 5.82 Å². The molecule has 1 amide bonds. The number of carbonyl (C=O) groups excluding carboxylic acids is 1. The third kappa shape index (κ3) is 3.29. The van der Waals surface area contributed by atoms with Gasteiger partial charge < -0.3 is 14.9 Å². The van der Waals surface area contributed by atoms with Gasteiger partial charge in [0.2, 0.25) is 0 Å². The van der Waals surface area contributed by atoms with E-state index in [4.69, 9.17) is 0 Å². The number of aliphatic carboxylic acids is 1. The number of amides is 1. The standard InChI is InChI=1S/C16H22N4O3/c1-18-8-9-20(11-13(18)16(22)23)14-5-4-12(10-17-14)15(21)19-6-2-3-7-19/h4-5,10,13H,2-3,6-9,11H2,1H3,(H,22,23)/t13-/m1/s1. The molecule has 3 rings (SSSR count). The van der Waals surface area contributed by atoms with E-state index < -0.39 is 12.0 Å². The minimum absolute atomic E-state index is 0.0309. The van der Waals surface area contributed by atoms with Crippen LogP contribution >= 0.6 is 0 Å². The normalized spacial score (nSPS) is 22.4. The molecule has 0 unspecified atom stereocenters. The minimum atomic E-state index is -0.821. The summed E-state index contributed by atoms with van der Waals surface area (Å²) in [6.45, 7) is 3.44. The summed E-state index contributed by atoms with van der Waals surface area (Å²) in [7, 11) is 1.82. The zero-order valence-electron chi connectivity index (χ0n) is 13.3. The van der Waals surface area contributed by atoms with Gasteiger partial charge in [-0.3, -0.25) is 14.5 Å². The molecule has 0 saturated carbocycles. The summed E-state index contributed by atoms with van der Waals surface area (Å²) in [6, 6.07) is 3.07. The molecule has 0 spiro atoms. The van der Waals surface area contributed by atoms with Gasteiger partial charge >= 0.3 is 5.97 Å². The van der Waals surface area contributed by atoms with Gasteiger partial charge in [-0.25, -0.2) is 4.98 Å². The van der Waals surface area contributed by atoms with Gasteiger partial charge in [-0.1, -0.05) is 0 Å². The lowest BCUT2D eigenvalue weighted by Gasteiger charge is -2.37. The summed E-state index contributed by atoms with van der Waals surface area (Å²) in [5.41, 5.74) is 0.597. The fourth-order valence-corrected chi connectivity index (χ4v) is 3.15. The second-order valence-electron chi connectivity index (χ2n) is 6.19. The Balaban J connectivity index is 1.69. The van der Waals surface area contributed by atoms with Gasteiger partial charge in [0.05, 0.1) is 5.56 Å². The number of anilines is 1. The largest absolute Gasteiger partial charge is 0.480 e. The Bertz CT molecular complexity index is 583. The first-order valence-corrected chi connectivity index (χ1v) is 7.99. The van der Waals surface area contributed by atoms with E-state index in [2.05, 4.69) is 4.98 Å². The Morgan fingerprint density at radius 3 is 2.52 bits per heavy atom. The van der Waals surface area contributed by atoms with Crippen LogP contribution in [0.3, 0.4) is 0 Å². The van der Waals surface area contributed by atoms with Crippen LogP contribution in [0.15, 0.2) is 18.3 Å². The summed E-state index contributed by atoms with van der Waals surface area (Å²) in [5.74, 6) is -0.0660. The number of carboxylic acids is 1. The number of carboxylic acid groups (broad SMARTS) is 1. The van der Waals surface area contributed by atoms with Gasteiger partial charge in [0.1, 0.15) is 11.9 Å². The average Bonchev–Trinajstić information content (AvgIpc) is 3.09. The van der Waals surface area contributed by atoms with E-state index >= 15 is 0 Å². The van der Waals surface area contributed by atoms with Crippen molar-refractivity contribution in [3.05, 3.63) is 23.9 Å². The number of likely N-dealkylation sites (tertiary alicyclic amines) is 1. The van der Waals surface area contributed by atoms with Crippen LogP contribution in [0.1, 0.15) is 23.2 Å².